The highest BCUT2D eigenvalue weighted by molar-refractivity contribution is 6.07. The highest BCUT2D eigenvalue weighted by Crippen LogP contribution is 2.25. The average Bonchev–Trinajstić information content (AvgIpc) is 2.72. The molecule has 0 saturated carbocycles. The van der Waals surface area contributed by atoms with Crippen molar-refractivity contribution in [2.75, 3.05) is 0 Å². The van der Waals surface area contributed by atoms with E-state index < -0.39 is 5.97 Å². The van der Waals surface area contributed by atoms with Crippen LogP contribution in [0.4, 0.5) is 0 Å². The van der Waals surface area contributed by atoms with Crippen LogP contribution in [-0.4, -0.2) is 25.8 Å². The minimum atomic E-state index is -0.892. The van der Waals surface area contributed by atoms with Gasteiger partial charge < -0.3 is 9.67 Å². The highest BCUT2D eigenvalue weighted by Gasteiger charge is 2.13. The van der Waals surface area contributed by atoms with Crippen molar-refractivity contribution in [3.63, 3.8) is 0 Å². The number of benzene rings is 1. The molecule has 3 rings (SSSR count). The molecule has 19 heavy (non-hydrogen) atoms. The number of aromatic amines is 1. The lowest BCUT2D eigenvalue weighted by atomic mass is 10.2. The number of aliphatic carboxylic acids is 1. The van der Waals surface area contributed by atoms with Crippen molar-refractivity contribution in [1.82, 2.24) is 14.8 Å². The maximum atomic E-state index is 11.9. The van der Waals surface area contributed by atoms with Crippen LogP contribution in [0.25, 0.3) is 21.8 Å². The largest absolute Gasteiger partial charge is 0.481 e. The van der Waals surface area contributed by atoms with Crippen molar-refractivity contribution in [2.24, 2.45) is 0 Å². The van der Waals surface area contributed by atoms with Gasteiger partial charge in [-0.1, -0.05) is 18.2 Å². The lowest BCUT2D eigenvalue weighted by Crippen LogP contribution is -2.13. The van der Waals surface area contributed by atoms with E-state index in [4.69, 9.17) is 5.11 Å². The van der Waals surface area contributed by atoms with Gasteiger partial charge in [0.05, 0.1) is 12.6 Å². The molecule has 3 aromatic rings. The minimum Gasteiger partial charge on any atom is -0.481 e. The van der Waals surface area contributed by atoms with E-state index in [0.29, 0.717) is 5.52 Å². The first-order valence-corrected chi connectivity index (χ1v) is 5.85. The van der Waals surface area contributed by atoms with Crippen LogP contribution in [0.5, 0.6) is 0 Å². The third kappa shape index (κ3) is 1.77. The Morgan fingerprint density at radius 2 is 2.11 bits per heavy atom. The molecule has 0 unspecified atom stereocenters. The fourth-order valence-electron chi connectivity index (χ4n) is 2.35. The van der Waals surface area contributed by atoms with E-state index in [1.807, 2.05) is 24.3 Å². The Morgan fingerprint density at radius 3 is 2.89 bits per heavy atom. The number of nitrogens with one attached hydrogen (secondary N) is 1. The third-order valence-electron chi connectivity index (χ3n) is 3.13. The number of hydrogen-bond acceptors (Lipinski definition) is 3. The summed E-state index contributed by atoms with van der Waals surface area (Å²) in [6, 6.07) is 7.51. The van der Waals surface area contributed by atoms with Crippen LogP contribution in [0.3, 0.4) is 0 Å². The van der Waals surface area contributed by atoms with E-state index in [-0.39, 0.29) is 18.5 Å². The summed E-state index contributed by atoms with van der Waals surface area (Å²) in [6.07, 6.45) is 1.56. The Kier molecular flexibility index (Phi) is 2.56. The Labute approximate surface area is 107 Å². The van der Waals surface area contributed by atoms with Gasteiger partial charge >= 0.3 is 5.97 Å². The SMILES string of the molecule is O=C(O)CCn1c2ccccc2c2cn[nH]c(=O)c21. The predicted molar refractivity (Wildman–Crippen MR) is 70.1 cm³/mol. The Bertz CT molecular complexity index is 832. The molecule has 0 aliphatic carbocycles. The summed E-state index contributed by atoms with van der Waals surface area (Å²) >= 11 is 0. The summed E-state index contributed by atoms with van der Waals surface area (Å²) in [7, 11) is 0. The van der Waals surface area contributed by atoms with E-state index in [1.54, 1.807) is 10.8 Å². The zero-order valence-electron chi connectivity index (χ0n) is 9.96. The summed E-state index contributed by atoms with van der Waals surface area (Å²) in [6.45, 7) is 0.256. The first-order chi connectivity index (χ1) is 9.18. The number of nitrogens with zero attached hydrogens (tertiary/aromatic N) is 2. The van der Waals surface area contributed by atoms with E-state index in [0.717, 1.165) is 16.3 Å². The second-order valence-electron chi connectivity index (χ2n) is 4.27. The summed E-state index contributed by atoms with van der Waals surface area (Å²) < 4.78 is 1.74. The van der Waals surface area contributed by atoms with Crippen LogP contribution in [0.15, 0.2) is 35.3 Å². The van der Waals surface area contributed by atoms with Crippen LogP contribution < -0.4 is 5.56 Å². The van der Waals surface area contributed by atoms with Crippen molar-refractivity contribution in [3.8, 4) is 0 Å². The van der Waals surface area contributed by atoms with Gasteiger partial charge in [0, 0.05) is 22.8 Å². The molecule has 0 spiro atoms. The van der Waals surface area contributed by atoms with Crippen LogP contribution in [0.2, 0.25) is 0 Å². The number of aryl methyl sites for hydroxylation is 1. The molecule has 0 bridgehead atoms. The van der Waals surface area contributed by atoms with Gasteiger partial charge in [-0.05, 0) is 6.07 Å². The van der Waals surface area contributed by atoms with Crippen LogP contribution in [0, 0.1) is 0 Å². The minimum absolute atomic E-state index is 0.0322. The third-order valence-corrected chi connectivity index (χ3v) is 3.13. The Hall–Kier alpha value is -2.63. The van der Waals surface area contributed by atoms with Gasteiger partial charge in [0.25, 0.3) is 5.56 Å². The number of aromatic nitrogens is 3. The maximum Gasteiger partial charge on any atom is 0.305 e. The molecule has 0 radical (unpaired) electrons. The molecule has 96 valence electrons. The molecule has 0 atom stereocenters. The number of para-hydroxylation sites is 1. The molecule has 0 aliphatic heterocycles. The zero-order chi connectivity index (χ0) is 13.4. The van der Waals surface area contributed by atoms with Crippen LogP contribution in [0.1, 0.15) is 6.42 Å². The topological polar surface area (TPSA) is 88.0 Å². The van der Waals surface area contributed by atoms with Crippen molar-refractivity contribution in [1.29, 1.82) is 0 Å². The standard InChI is InChI=1S/C13H11N3O3/c17-11(18)5-6-16-10-4-2-1-3-8(10)9-7-14-15-13(19)12(9)16/h1-4,7H,5-6H2,(H,15,19)(H,17,18). The first kappa shape index (κ1) is 11.5. The number of rotatable bonds is 3. The molecule has 0 saturated heterocycles. The number of carboxylic acids is 1. The van der Waals surface area contributed by atoms with Crippen molar-refractivity contribution < 1.29 is 9.90 Å². The van der Waals surface area contributed by atoms with Gasteiger partial charge in [-0.2, -0.15) is 5.10 Å². The second kappa shape index (κ2) is 4.24. The molecular weight excluding hydrogens is 246 g/mol. The molecule has 0 aliphatic rings. The van der Waals surface area contributed by atoms with Crippen molar-refractivity contribution in [2.45, 2.75) is 13.0 Å². The number of carboxylic acid groups (broad SMARTS) is 1. The molecule has 0 fully saturated rings. The second-order valence-corrected chi connectivity index (χ2v) is 4.27. The fourth-order valence-corrected chi connectivity index (χ4v) is 2.35. The molecule has 2 aromatic heterocycles. The van der Waals surface area contributed by atoms with Gasteiger partial charge in [-0.3, -0.25) is 9.59 Å². The molecule has 6 heteroatoms. The summed E-state index contributed by atoms with van der Waals surface area (Å²) in [5.41, 5.74) is 1.01. The first-order valence-electron chi connectivity index (χ1n) is 5.85. The smallest absolute Gasteiger partial charge is 0.305 e. The lowest BCUT2D eigenvalue weighted by molar-refractivity contribution is -0.137. The predicted octanol–water partition coefficient (Wildman–Crippen LogP) is 1.35. The fraction of sp³-hybridized carbons (Fsp3) is 0.154. The summed E-state index contributed by atoms with van der Waals surface area (Å²) in [4.78, 5) is 22.7. The average molecular weight is 257 g/mol. The van der Waals surface area contributed by atoms with E-state index in [1.165, 1.54) is 0 Å². The van der Waals surface area contributed by atoms with Crippen molar-refractivity contribution in [3.05, 3.63) is 40.8 Å². The van der Waals surface area contributed by atoms with E-state index in [2.05, 4.69) is 10.2 Å². The monoisotopic (exact) mass is 257 g/mol. The van der Waals surface area contributed by atoms with Gasteiger partial charge in [0.1, 0.15) is 5.52 Å². The number of carbonyl (C=O) groups is 1. The molecule has 2 heterocycles. The molecule has 2 N–H and O–H groups in total. The molecule has 6 nitrogen and oxygen atoms in total. The maximum absolute atomic E-state index is 11.9. The molecule has 0 amide bonds. The van der Waals surface area contributed by atoms with Gasteiger partial charge in [0.2, 0.25) is 0 Å². The van der Waals surface area contributed by atoms with Crippen LogP contribution in [-0.2, 0) is 11.3 Å². The van der Waals surface area contributed by atoms with Crippen LogP contribution >= 0.6 is 0 Å². The highest BCUT2D eigenvalue weighted by atomic mass is 16.4. The van der Waals surface area contributed by atoms with E-state index >= 15 is 0 Å². The summed E-state index contributed by atoms with van der Waals surface area (Å²) in [5, 5.41) is 16.7. The normalized spacial score (nSPS) is 11.2. The number of hydrogen-bond donors (Lipinski definition) is 2. The summed E-state index contributed by atoms with van der Waals surface area (Å²) in [5.74, 6) is -0.892. The van der Waals surface area contributed by atoms with Crippen molar-refractivity contribution >= 4 is 27.8 Å². The van der Waals surface area contributed by atoms with E-state index in [9.17, 15) is 9.59 Å². The quantitative estimate of drug-likeness (QED) is 0.741. The Balaban J connectivity index is 2.37. The lowest BCUT2D eigenvalue weighted by Gasteiger charge is -2.03. The Morgan fingerprint density at radius 1 is 1.32 bits per heavy atom. The molecule has 1 aromatic carbocycles. The zero-order valence-corrected chi connectivity index (χ0v) is 9.96. The van der Waals surface area contributed by atoms with Gasteiger partial charge in [-0.25, -0.2) is 5.10 Å². The number of H-pyrrole nitrogens is 1. The molecular formula is C13H11N3O3. The van der Waals surface area contributed by atoms with Gasteiger partial charge in [-0.15, -0.1) is 0 Å². The van der Waals surface area contributed by atoms with Gasteiger partial charge in [0.15, 0.2) is 0 Å². The number of fused-ring (bicyclic) bond motifs is 3.